The Labute approximate surface area is 79.7 Å². The quantitative estimate of drug-likeness (QED) is 0.569. The van der Waals surface area contributed by atoms with Gasteiger partial charge in [0.25, 0.3) is 0 Å². The number of nitrogen functional groups attached to an aromatic ring is 1. The molecule has 1 aromatic carbocycles. The highest BCUT2D eigenvalue weighted by Crippen LogP contribution is 2.22. The Morgan fingerprint density at radius 3 is 2.77 bits per heavy atom. The van der Waals surface area contributed by atoms with Gasteiger partial charge >= 0.3 is 0 Å². The summed E-state index contributed by atoms with van der Waals surface area (Å²) in [6.07, 6.45) is 2.22. The minimum Gasteiger partial charge on any atom is -0.491 e. The lowest BCUT2D eigenvalue weighted by Gasteiger charge is -2.08. The molecule has 0 saturated carbocycles. The normalized spacial score (nSPS) is 10.0. The first kappa shape index (κ1) is 9.90. The molecular formula is C11H17NO. The maximum Gasteiger partial charge on any atom is 0.142 e. The molecule has 0 aliphatic rings. The van der Waals surface area contributed by atoms with E-state index in [0.29, 0.717) is 0 Å². The molecule has 0 aliphatic heterocycles. The predicted octanol–water partition coefficient (Wildman–Crippen LogP) is 2.76. The van der Waals surface area contributed by atoms with Crippen molar-refractivity contribution in [1.82, 2.24) is 0 Å². The largest absolute Gasteiger partial charge is 0.491 e. The molecule has 0 spiro atoms. The predicted molar refractivity (Wildman–Crippen MR) is 56.0 cm³/mol. The highest BCUT2D eigenvalue weighted by atomic mass is 16.5. The summed E-state index contributed by atoms with van der Waals surface area (Å²) in [5.74, 6) is 0.805. The Bertz CT molecular complexity index is 271. The van der Waals surface area contributed by atoms with Gasteiger partial charge in [-0.25, -0.2) is 0 Å². The first-order valence-electron chi connectivity index (χ1n) is 4.73. The van der Waals surface area contributed by atoms with E-state index in [1.54, 1.807) is 0 Å². The Kier molecular flexibility index (Phi) is 3.62. The second-order valence-electron chi connectivity index (χ2n) is 3.24. The van der Waals surface area contributed by atoms with Crippen LogP contribution in [0.1, 0.15) is 25.3 Å². The highest BCUT2D eigenvalue weighted by molar-refractivity contribution is 5.53. The van der Waals surface area contributed by atoms with E-state index in [1.807, 2.05) is 25.1 Å². The molecule has 13 heavy (non-hydrogen) atoms. The van der Waals surface area contributed by atoms with Gasteiger partial charge in [-0.15, -0.1) is 0 Å². The third-order valence-corrected chi connectivity index (χ3v) is 1.92. The number of aryl methyl sites for hydroxylation is 1. The minimum atomic E-state index is 0.733. The van der Waals surface area contributed by atoms with Crippen molar-refractivity contribution in [3.05, 3.63) is 23.8 Å². The van der Waals surface area contributed by atoms with Crippen LogP contribution in [0.2, 0.25) is 0 Å². The average Bonchev–Trinajstić information content (AvgIpc) is 2.09. The minimum absolute atomic E-state index is 0.733. The molecule has 0 saturated heterocycles. The van der Waals surface area contributed by atoms with Crippen molar-refractivity contribution in [2.75, 3.05) is 12.3 Å². The summed E-state index contributed by atoms with van der Waals surface area (Å²) >= 11 is 0. The number of hydrogen-bond donors (Lipinski definition) is 1. The third-order valence-electron chi connectivity index (χ3n) is 1.92. The number of anilines is 1. The fourth-order valence-corrected chi connectivity index (χ4v) is 1.13. The lowest BCUT2D eigenvalue weighted by molar-refractivity contribution is 0.311. The fourth-order valence-electron chi connectivity index (χ4n) is 1.13. The van der Waals surface area contributed by atoms with E-state index in [9.17, 15) is 0 Å². The topological polar surface area (TPSA) is 35.2 Å². The number of rotatable bonds is 4. The van der Waals surface area contributed by atoms with E-state index in [0.717, 1.165) is 30.9 Å². The van der Waals surface area contributed by atoms with Crippen LogP contribution in [0, 0.1) is 6.92 Å². The molecule has 0 bridgehead atoms. The van der Waals surface area contributed by atoms with E-state index >= 15 is 0 Å². The second-order valence-corrected chi connectivity index (χ2v) is 3.24. The molecule has 1 aromatic rings. The van der Waals surface area contributed by atoms with Gasteiger partial charge in [-0.05, 0) is 31.0 Å². The standard InChI is InChI=1S/C11H17NO/c1-3-4-7-13-11-6-5-9(2)8-10(11)12/h5-6,8H,3-4,7,12H2,1-2H3. The second kappa shape index (κ2) is 4.75. The molecule has 72 valence electrons. The average molecular weight is 179 g/mol. The summed E-state index contributed by atoms with van der Waals surface area (Å²) in [7, 11) is 0. The lowest BCUT2D eigenvalue weighted by Crippen LogP contribution is -1.99. The van der Waals surface area contributed by atoms with Crippen molar-refractivity contribution >= 4 is 5.69 Å². The molecule has 2 N–H and O–H groups in total. The number of benzene rings is 1. The Morgan fingerprint density at radius 2 is 2.15 bits per heavy atom. The number of hydrogen-bond acceptors (Lipinski definition) is 2. The molecule has 2 nitrogen and oxygen atoms in total. The van der Waals surface area contributed by atoms with Gasteiger partial charge in [0.15, 0.2) is 0 Å². The van der Waals surface area contributed by atoms with Crippen molar-refractivity contribution in [2.45, 2.75) is 26.7 Å². The molecule has 0 heterocycles. The highest BCUT2D eigenvalue weighted by Gasteiger charge is 1.98. The van der Waals surface area contributed by atoms with Crippen molar-refractivity contribution in [3.63, 3.8) is 0 Å². The Morgan fingerprint density at radius 1 is 1.38 bits per heavy atom. The zero-order chi connectivity index (χ0) is 9.68. The van der Waals surface area contributed by atoms with E-state index in [1.165, 1.54) is 5.56 Å². The van der Waals surface area contributed by atoms with Crippen LogP contribution in [0.25, 0.3) is 0 Å². The maximum atomic E-state index is 5.78. The van der Waals surface area contributed by atoms with Crippen LogP contribution < -0.4 is 10.5 Å². The van der Waals surface area contributed by atoms with Crippen LogP contribution in [0.3, 0.4) is 0 Å². The molecule has 0 aliphatic carbocycles. The summed E-state index contributed by atoms with van der Waals surface area (Å²) in [5.41, 5.74) is 7.68. The summed E-state index contributed by atoms with van der Waals surface area (Å²) in [5, 5.41) is 0. The fraction of sp³-hybridized carbons (Fsp3) is 0.455. The first-order valence-corrected chi connectivity index (χ1v) is 4.73. The summed E-state index contributed by atoms with van der Waals surface area (Å²) in [6.45, 7) is 4.91. The van der Waals surface area contributed by atoms with Crippen molar-refractivity contribution < 1.29 is 4.74 Å². The zero-order valence-electron chi connectivity index (χ0n) is 8.34. The molecule has 2 heteroatoms. The van der Waals surface area contributed by atoms with Gasteiger partial charge in [0.1, 0.15) is 5.75 Å². The monoisotopic (exact) mass is 179 g/mol. The molecule has 0 fully saturated rings. The summed E-state index contributed by atoms with van der Waals surface area (Å²) in [4.78, 5) is 0. The van der Waals surface area contributed by atoms with Crippen LogP contribution in [0.4, 0.5) is 5.69 Å². The van der Waals surface area contributed by atoms with Crippen LogP contribution in [0.5, 0.6) is 5.75 Å². The van der Waals surface area contributed by atoms with Crippen molar-refractivity contribution in [2.24, 2.45) is 0 Å². The molecule has 0 aromatic heterocycles. The van der Waals surface area contributed by atoms with E-state index < -0.39 is 0 Å². The van der Waals surface area contributed by atoms with Crippen LogP contribution in [0.15, 0.2) is 18.2 Å². The smallest absolute Gasteiger partial charge is 0.142 e. The van der Waals surface area contributed by atoms with Crippen molar-refractivity contribution in [3.8, 4) is 5.75 Å². The SMILES string of the molecule is CCCCOc1ccc(C)cc1N. The molecule has 0 radical (unpaired) electrons. The van der Waals surface area contributed by atoms with Gasteiger partial charge in [0.2, 0.25) is 0 Å². The Balaban J connectivity index is 2.56. The molecule has 0 atom stereocenters. The third kappa shape index (κ3) is 2.98. The summed E-state index contributed by atoms with van der Waals surface area (Å²) < 4.78 is 5.51. The number of ether oxygens (including phenoxy) is 1. The molecule has 0 unspecified atom stereocenters. The van der Waals surface area contributed by atoms with Gasteiger partial charge < -0.3 is 10.5 Å². The van der Waals surface area contributed by atoms with Crippen LogP contribution >= 0.6 is 0 Å². The molecular weight excluding hydrogens is 162 g/mol. The number of nitrogens with two attached hydrogens (primary N) is 1. The van der Waals surface area contributed by atoms with Gasteiger partial charge in [-0.1, -0.05) is 19.4 Å². The van der Waals surface area contributed by atoms with E-state index in [-0.39, 0.29) is 0 Å². The van der Waals surface area contributed by atoms with Gasteiger partial charge in [0, 0.05) is 0 Å². The van der Waals surface area contributed by atoms with Gasteiger partial charge in [-0.2, -0.15) is 0 Å². The maximum absolute atomic E-state index is 5.78. The lowest BCUT2D eigenvalue weighted by atomic mass is 10.2. The van der Waals surface area contributed by atoms with Crippen molar-refractivity contribution in [1.29, 1.82) is 0 Å². The summed E-state index contributed by atoms with van der Waals surface area (Å²) in [6, 6.07) is 5.87. The zero-order valence-corrected chi connectivity index (χ0v) is 8.34. The number of unbranched alkanes of at least 4 members (excludes halogenated alkanes) is 1. The van der Waals surface area contributed by atoms with Gasteiger partial charge in [-0.3, -0.25) is 0 Å². The van der Waals surface area contributed by atoms with E-state index in [2.05, 4.69) is 6.92 Å². The Hall–Kier alpha value is -1.18. The van der Waals surface area contributed by atoms with Gasteiger partial charge in [0.05, 0.1) is 12.3 Å². The molecule has 0 amide bonds. The van der Waals surface area contributed by atoms with Crippen LogP contribution in [-0.4, -0.2) is 6.61 Å². The molecule has 1 rings (SSSR count). The van der Waals surface area contributed by atoms with Crippen LogP contribution in [-0.2, 0) is 0 Å². The first-order chi connectivity index (χ1) is 6.24. The van der Waals surface area contributed by atoms with E-state index in [4.69, 9.17) is 10.5 Å².